The summed E-state index contributed by atoms with van der Waals surface area (Å²) in [4.78, 5) is 2.35. The third kappa shape index (κ3) is 6.05. The molecule has 0 saturated heterocycles. The smallest absolute Gasteiger partial charge is 0.0664 e. The van der Waals surface area contributed by atoms with E-state index in [0.29, 0.717) is 12.0 Å². The molecule has 0 bridgehead atoms. The maximum absolute atomic E-state index is 9.55. The van der Waals surface area contributed by atoms with Crippen molar-refractivity contribution < 1.29 is 5.11 Å². The Morgan fingerprint density at radius 1 is 1.08 bits per heavy atom. The van der Waals surface area contributed by atoms with Crippen molar-refractivity contribution in [1.29, 1.82) is 0 Å². The minimum absolute atomic E-state index is 0.166. The number of aliphatic hydroxyl groups excluding tert-OH is 1. The van der Waals surface area contributed by atoms with Crippen LogP contribution in [-0.4, -0.2) is 35.2 Å². The maximum atomic E-state index is 9.55. The monoisotopic (exact) mass is 187 g/mol. The maximum Gasteiger partial charge on any atom is 0.0664 e. The van der Waals surface area contributed by atoms with Gasteiger partial charge in [-0.3, -0.25) is 4.90 Å². The van der Waals surface area contributed by atoms with Crippen LogP contribution in [0.25, 0.3) is 0 Å². The molecule has 0 spiro atoms. The molecule has 13 heavy (non-hydrogen) atoms. The second kappa shape index (κ2) is 6.39. The van der Waals surface area contributed by atoms with Gasteiger partial charge in [0.05, 0.1) is 6.10 Å². The van der Waals surface area contributed by atoms with Gasteiger partial charge in [0.1, 0.15) is 0 Å². The Morgan fingerprint density at radius 3 is 1.92 bits per heavy atom. The Hall–Kier alpha value is -0.0800. The Balaban J connectivity index is 3.94. The van der Waals surface area contributed by atoms with Gasteiger partial charge in [-0.1, -0.05) is 20.8 Å². The Labute approximate surface area is 82.9 Å². The average molecular weight is 187 g/mol. The van der Waals surface area contributed by atoms with E-state index < -0.39 is 0 Å². The van der Waals surface area contributed by atoms with Gasteiger partial charge in [0.2, 0.25) is 0 Å². The summed E-state index contributed by atoms with van der Waals surface area (Å²) < 4.78 is 0. The van der Waals surface area contributed by atoms with E-state index in [1.165, 1.54) is 0 Å². The number of rotatable bonds is 6. The molecule has 0 amide bonds. The van der Waals surface area contributed by atoms with Crippen molar-refractivity contribution in [3.8, 4) is 0 Å². The van der Waals surface area contributed by atoms with Crippen LogP contribution in [0.4, 0.5) is 0 Å². The molecule has 1 atom stereocenters. The van der Waals surface area contributed by atoms with Crippen LogP contribution in [0.3, 0.4) is 0 Å². The van der Waals surface area contributed by atoms with Gasteiger partial charge in [0, 0.05) is 19.1 Å². The lowest BCUT2D eigenvalue weighted by Gasteiger charge is -2.29. The van der Waals surface area contributed by atoms with Gasteiger partial charge in [-0.2, -0.15) is 0 Å². The van der Waals surface area contributed by atoms with E-state index in [1.807, 2.05) is 6.92 Å². The summed E-state index contributed by atoms with van der Waals surface area (Å²) in [6.07, 6.45) is 0.683. The summed E-state index contributed by atoms with van der Waals surface area (Å²) in [5.74, 6) is 0.673. The molecular formula is C11H25NO. The Morgan fingerprint density at radius 2 is 1.62 bits per heavy atom. The molecule has 1 N–H and O–H groups in total. The molecular weight excluding hydrogens is 162 g/mol. The molecule has 0 aromatic carbocycles. The Kier molecular flexibility index (Phi) is 6.35. The molecule has 2 nitrogen and oxygen atoms in total. The zero-order valence-electron chi connectivity index (χ0n) is 9.75. The topological polar surface area (TPSA) is 23.5 Å². The van der Waals surface area contributed by atoms with Crippen LogP contribution in [0.1, 0.15) is 41.0 Å². The molecule has 0 saturated carbocycles. The highest BCUT2D eigenvalue weighted by molar-refractivity contribution is 4.68. The van der Waals surface area contributed by atoms with Crippen LogP contribution in [0.2, 0.25) is 0 Å². The number of hydrogen-bond donors (Lipinski definition) is 1. The van der Waals surface area contributed by atoms with Gasteiger partial charge in [0.15, 0.2) is 0 Å². The third-order valence-corrected chi connectivity index (χ3v) is 2.25. The van der Waals surface area contributed by atoms with E-state index in [-0.39, 0.29) is 6.10 Å². The van der Waals surface area contributed by atoms with Gasteiger partial charge in [-0.15, -0.1) is 0 Å². The average Bonchev–Trinajstić information content (AvgIpc) is 2.02. The van der Waals surface area contributed by atoms with Crippen molar-refractivity contribution in [1.82, 2.24) is 4.90 Å². The van der Waals surface area contributed by atoms with Crippen LogP contribution in [0.5, 0.6) is 0 Å². The fourth-order valence-corrected chi connectivity index (χ4v) is 1.36. The molecule has 80 valence electrons. The predicted molar refractivity (Wildman–Crippen MR) is 57.8 cm³/mol. The highest BCUT2D eigenvalue weighted by atomic mass is 16.3. The second-order valence-electron chi connectivity index (χ2n) is 4.50. The number of nitrogens with zero attached hydrogens (tertiary/aromatic N) is 1. The summed E-state index contributed by atoms with van der Waals surface area (Å²) in [6, 6.07) is 0.531. The lowest BCUT2D eigenvalue weighted by atomic mass is 10.1. The zero-order valence-corrected chi connectivity index (χ0v) is 9.75. The van der Waals surface area contributed by atoms with Gasteiger partial charge in [-0.05, 0) is 26.2 Å². The highest BCUT2D eigenvalue weighted by Crippen LogP contribution is 2.06. The van der Waals surface area contributed by atoms with Crippen LogP contribution < -0.4 is 0 Å². The molecule has 0 radical (unpaired) electrons. The van der Waals surface area contributed by atoms with E-state index >= 15 is 0 Å². The summed E-state index contributed by atoms with van der Waals surface area (Å²) in [6.45, 7) is 12.7. The van der Waals surface area contributed by atoms with Crippen LogP contribution >= 0.6 is 0 Å². The Bertz CT molecular complexity index is 123. The van der Waals surface area contributed by atoms with Crippen molar-refractivity contribution in [2.24, 2.45) is 5.92 Å². The van der Waals surface area contributed by atoms with Crippen LogP contribution in [0, 0.1) is 5.92 Å². The standard InChI is InChI=1S/C11H25NO/c1-6-11(13)8-12(10(4)5)7-9(2)3/h9-11,13H,6-8H2,1-5H3. The van der Waals surface area contributed by atoms with Gasteiger partial charge >= 0.3 is 0 Å². The third-order valence-electron chi connectivity index (χ3n) is 2.25. The first-order valence-electron chi connectivity index (χ1n) is 5.39. The molecule has 0 heterocycles. The van der Waals surface area contributed by atoms with E-state index in [9.17, 15) is 5.11 Å². The van der Waals surface area contributed by atoms with E-state index in [1.54, 1.807) is 0 Å². The summed E-state index contributed by atoms with van der Waals surface area (Å²) >= 11 is 0. The molecule has 0 aliphatic carbocycles. The molecule has 2 heteroatoms. The highest BCUT2D eigenvalue weighted by Gasteiger charge is 2.14. The molecule has 0 aromatic heterocycles. The van der Waals surface area contributed by atoms with Gasteiger partial charge in [0.25, 0.3) is 0 Å². The number of hydrogen-bond acceptors (Lipinski definition) is 2. The lowest BCUT2D eigenvalue weighted by Crippen LogP contribution is -2.39. The lowest BCUT2D eigenvalue weighted by molar-refractivity contribution is 0.0853. The summed E-state index contributed by atoms with van der Waals surface area (Å²) in [5.41, 5.74) is 0. The molecule has 0 rings (SSSR count). The van der Waals surface area contributed by atoms with Crippen molar-refractivity contribution in [3.05, 3.63) is 0 Å². The zero-order chi connectivity index (χ0) is 10.4. The minimum Gasteiger partial charge on any atom is -0.392 e. The molecule has 0 aliphatic heterocycles. The van der Waals surface area contributed by atoms with Crippen molar-refractivity contribution >= 4 is 0 Å². The van der Waals surface area contributed by atoms with Gasteiger partial charge < -0.3 is 5.11 Å². The predicted octanol–water partition coefficient (Wildman–Crippen LogP) is 2.12. The molecule has 0 aromatic rings. The number of aliphatic hydroxyl groups is 1. The summed E-state index contributed by atoms with van der Waals surface area (Å²) in [5, 5.41) is 9.55. The molecule has 0 aliphatic rings. The van der Waals surface area contributed by atoms with Crippen LogP contribution in [0.15, 0.2) is 0 Å². The first-order chi connectivity index (χ1) is 5.97. The quantitative estimate of drug-likeness (QED) is 0.688. The van der Waals surface area contributed by atoms with Crippen molar-refractivity contribution in [2.75, 3.05) is 13.1 Å². The molecule has 1 unspecified atom stereocenters. The van der Waals surface area contributed by atoms with Crippen molar-refractivity contribution in [3.63, 3.8) is 0 Å². The first-order valence-corrected chi connectivity index (χ1v) is 5.39. The fraction of sp³-hybridized carbons (Fsp3) is 1.00. The summed E-state index contributed by atoms with van der Waals surface area (Å²) in [7, 11) is 0. The fourth-order valence-electron chi connectivity index (χ4n) is 1.36. The molecule has 0 fully saturated rings. The van der Waals surface area contributed by atoms with E-state index in [2.05, 4.69) is 32.6 Å². The van der Waals surface area contributed by atoms with E-state index in [0.717, 1.165) is 19.5 Å². The minimum atomic E-state index is -0.166. The first kappa shape index (κ1) is 12.9. The van der Waals surface area contributed by atoms with Crippen LogP contribution in [-0.2, 0) is 0 Å². The van der Waals surface area contributed by atoms with E-state index in [4.69, 9.17) is 0 Å². The van der Waals surface area contributed by atoms with Gasteiger partial charge in [-0.25, -0.2) is 0 Å². The van der Waals surface area contributed by atoms with Crippen molar-refractivity contribution in [2.45, 2.75) is 53.2 Å². The largest absolute Gasteiger partial charge is 0.392 e. The second-order valence-corrected chi connectivity index (χ2v) is 4.50. The SMILES string of the molecule is CCC(O)CN(CC(C)C)C(C)C. The normalized spacial score (nSPS) is 14.5.